The zero-order valence-electron chi connectivity index (χ0n) is 11.9. The van der Waals surface area contributed by atoms with Crippen molar-refractivity contribution in [1.82, 2.24) is 4.98 Å². The van der Waals surface area contributed by atoms with Gasteiger partial charge in [-0.2, -0.15) is 0 Å². The van der Waals surface area contributed by atoms with Crippen LogP contribution in [0.25, 0.3) is 33.3 Å². The number of halogens is 1. The van der Waals surface area contributed by atoms with Crippen LogP contribution in [0.5, 0.6) is 0 Å². The molecular weight excluding hydrogens is 334 g/mol. The topological polar surface area (TPSA) is 15.8 Å². The quantitative estimate of drug-likeness (QED) is 0.440. The van der Waals surface area contributed by atoms with E-state index >= 15 is 0 Å². The van der Waals surface area contributed by atoms with Gasteiger partial charge in [0.1, 0.15) is 0 Å². The van der Waals surface area contributed by atoms with Gasteiger partial charge in [-0.1, -0.05) is 66.7 Å². The normalized spacial score (nSPS) is 11.0. The lowest BCUT2D eigenvalue weighted by Gasteiger charge is -2.03. The highest BCUT2D eigenvalue weighted by Crippen LogP contribution is 2.30. The van der Waals surface area contributed by atoms with Crippen LogP contribution in [-0.2, 0) is 0 Å². The van der Waals surface area contributed by atoms with Crippen molar-refractivity contribution in [3.05, 3.63) is 83.3 Å². The Morgan fingerprint density at radius 3 is 2.05 bits per heavy atom. The second-order valence-corrected chi connectivity index (χ2v) is 6.18. The first-order valence-corrected chi connectivity index (χ1v) is 8.04. The van der Waals surface area contributed by atoms with E-state index in [1.165, 1.54) is 22.1 Å². The van der Waals surface area contributed by atoms with E-state index in [4.69, 9.17) is 0 Å². The third-order valence-corrected chi connectivity index (χ3v) is 4.57. The van der Waals surface area contributed by atoms with Crippen molar-refractivity contribution in [1.29, 1.82) is 0 Å². The Morgan fingerprint density at radius 2 is 1.32 bits per heavy atom. The van der Waals surface area contributed by atoms with E-state index in [9.17, 15) is 0 Å². The summed E-state index contributed by atoms with van der Waals surface area (Å²) in [7, 11) is 0. The highest BCUT2D eigenvalue weighted by atomic mass is 79.9. The van der Waals surface area contributed by atoms with Gasteiger partial charge in [-0.3, -0.25) is 0 Å². The molecule has 1 N–H and O–H groups in total. The molecule has 106 valence electrons. The maximum absolute atomic E-state index is 3.59. The average Bonchev–Trinajstić information content (AvgIpc) is 3.02. The molecule has 4 rings (SSSR count). The van der Waals surface area contributed by atoms with Crippen molar-refractivity contribution < 1.29 is 0 Å². The largest absolute Gasteiger partial charge is 0.354 e. The maximum atomic E-state index is 3.59. The molecule has 0 radical (unpaired) electrons. The summed E-state index contributed by atoms with van der Waals surface area (Å²) in [6, 6.07) is 27.6. The van der Waals surface area contributed by atoms with Gasteiger partial charge >= 0.3 is 0 Å². The highest BCUT2D eigenvalue weighted by molar-refractivity contribution is 9.10. The SMILES string of the molecule is Brc1cccc2cc(-c3ccc(-c4ccccc4)cc3)[nH]c12. The Bertz CT molecular complexity index is 921. The fourth-order valence-electron chi connectivity index (χ4n) is 2.75. The molecule has 1 nitrogen and oxygen atoms in total. The number of para-hydroxylation sites is 1. The van der Waals surface area contributed by atoms with Crippen molar-refractivity contribution in [3.8, 4) is 22.4 Å². The lowest BCUT2D eigenvalue weighted by atomic mass is 10.0. The number of aromatic amines is 1. The standard InChI is InChI=1S/C20H14BrN/c21-18-8-4-7-17-13-19(22-20(17)18)16-11-9-15(10-12-16)14-5-2-1-3-6-14/h1-13,22H. The molecule has 0 aliphatic heterocycles. The van der Waals surface area contributed by atoms with Crippen molar-refractivity contribution in [2.24, 2.45) is 0 Å². The minimum atomic E-state index is 1.09. The average molecular weight is 348 g/mol. The van der Waals surface area contributed by atoms with Gasteiger partial charge in [0.05, 0.1) is 5.52 Å². The van der Waals surface area contributed by atoms with Gasteiger partial charge < -0.3 is 4.98 Å². The van der Waals surface area contributed by atoms with Crippen LogP contribution in [0.15, 0.2) is 83.3 Å². The summed E-state index contributed by atoms with van der Waals surface area (Å²) in [6.45, 7) is 0. The minimum absolute atomic E-state index is 1.09. The molecule has 0 bridgehead atoms. The maximum Gasteiger partial charge on any atom is 0.0603 e. The lowest BCUT2D eigenvalue weighted by molar-refractivity contribution is 1.44. The molecule has 3 aromatic carbocycles. The molecule has 2 heteroatoms. The first-order chi connectivity index (χ1) is 10.8. The summed E-state index contributed by atoms with van der Waals surface area (Å²) in [5, 5.41) is 1.22. The van der Waals surface area contributed by atoms with Crippen LogP contribution in [0, 0.1) is 0 Å². The van der Waals surface area contributed by atoms with Crippen LogP contribution in [0.2, 0.25) is 0 Å². The van der Waals surface area contributed by atoms with Crippen molar-refractivity contribution in [2.45, 2.75) is 0 Å². The van der Waals surface area contributed by atoms with Crippen LogP contribution >= 0.6 is 15.9 Å². The Kier molecular flexibility index (Phi) is 3.32. The molecule has 0 fully saturated rings. The first kappa shape index (κ1) is 13.4. The Hall–Kier alpha value is -2.32. The van der Waals surface area contributed by atoms with Gasteiger partial charge in [0.25, 0.3) is 0 Å². The lowest BCUT2D eigenvalue weighted by Crippen LogP contribution is -1.80. The number of hydrogen-bond donors (Lipinski definition) is 1. The molecular formula is C20H14BrN. The molecule has 0 amide bonds. The smallest absolute Gasteiger partial charge is 0.0603 e. The summed E-state index contributed by atoms with van der Waals surface area (Å²) < 4.78 is 1.09. The van der Waals surface area contributed by atoms with E-state index in [-0.39, 0.29) is 0 Å². The third kappa shape index (κ3) is 2.36. The number of rotatable bonds is 2. The first-order valence-electron chi connectivity index (χ1n) is 7.24. The van der Waals surface area contributed by atoms with Gasteiger partial charge in [0.15, 0.2) is 0 Å². The van der Waals surface area contributed by atoms with Gasteiger partial charge in [0.2, 0.25) is 0 Å². The number of hydrogen-bond acceptors (Lipinski definition) is 0. The number of benzene rings is 3. The summed E-state index contributed by atoms with van der Waals surface area (Å²) in [6.07, 6.45) is 0. The predicted octanol–water partition coefficient (Wildman–Crippen LogP) is 6.26. The Balaban J connectivity index is 1.74. The molecule has 1 heterocycles. The fourth-order valence-corrected chi connectivity index (χ4v) is 3.23. The predicted molar refractivity (Wildman–Crippen MR) is 96.9 cm³/mol. The molecule has 22 heavy (non-hydrogen) atoms. The third-order valence-electron chi connectivity index (χ3n) is 3.91. The van der Waals surface area contributed by atoms with E-state index in [1.54, 1.807) is 0 Å². The Labute approximate surface area is 137 Å². The van der Waals surface area contributed by atoms with Crippen molar-refractivity contribution in [3.63, 3.8) is 0 Å². The zero-order valence-corrected chi connectivity index (χ0v) is 13.5. The van der Waals surface area contributed by atoms with E-state index in [1.807, 2.05) is 6.07 Å². The van der Waals surface area contributed by atoms with Crippen LogP contribution in [-0.4, -0.2) is 4.98 Å². The number of aromatic nitrogens is 1. The van der Waals surface area contributed by atoms with Gasteiger partial charge in [-0.05, 0) is 44.8 Å². The second-order valence-electron chi connectivity index (χ2n) is 5.33. The zero-order chi connectivity index (χ0) is 14.9. The van der Waals surface area contributed by atoms with E-state index in [0.717, 1.165) is 15.7 Å². The molecule has 0 saturated carbocycles. The fraction of sp³-hybridized carbons (Fsp3) is 0. The molecule has 0 aliphatic rings. The molecule has 0 unspecified atom stereocenters. The van der Waals surface area contributed by atoms with E-state index in [2.05, 4.69) is 93.7 Å². The number of H-pyrrole nitrogens is 1. The summed E-state index contributed by atoms with van der Waals surface area (Å²) in [5.41, 5.74) is 5.96. The van der Waals surface area contributed by atoms with Crippen molar-refractivity contribution >= 4 is 26.8 Å². The van der Waals surface area contributed by atoms with E-state index < -0.39 is 0 Å². The van der Waals surface area contributed by atoms with Gasteiger partial charge in [0, 0.05) is 15.6 Å². The van der Waals surface area contributed by atoms with Crippen LogP contribution < -0.4 is 0 Å². The molecule has 1 aromatic heterocycles. The van der Waals surface area contributed by atoms with Crippen LogP contribution in [0.3, 0.4) is 0 Å². The Morgan fingerprint density at radius 1 is 0.636 bits per heavy atom. The number of nitrogens with one attached hydrogen (secondary N) is 1. The van der Waals surface area contributed by atoms with E-state index in [0.29, 0.717) is 0 Å². The molecule has 0 atom stereocenters. The molecule has 0 saturated heterocycles. The minimum Gasteiger partial charge on any atom is -0.354 e. The van der Waals surface area contributed by atoms with Crippen LogP contribution in [0.4, 0.5) is 0 Å². The van der Waals surface area contributed by atoms with Crippen molar-refractivity contribution in [2.75, 3.05) is 0 Å². The van der Waals surface area contributed by atoms with Gasteiger partial charge in [-0.15, -0.1) is 0 Å². The summed E-state index contributed by atoms with van der Waals surface area (Å²) in [4.78, 5) is 3.49. The molecule has 0 spiro atoms. The number of fused-ring (bicyclic) bond motifs is 1. The molecule has 4 aromatic rings. The van der Waals surface area contributed by atoms with Gasteiger partial charge in [-0.25, -0.2) is 0 Å². The summed E-state index contributed by atoms with van der Waals surface area (Å²) >= 11 is 3.59. The highest BCUT2D eigenvalue weighted by Gasteiger charge is 2.06. The van der Waals surface area contributed by atoms with Crippen LogP contribution in [0.1, 0.15) is 0 Å². The second kappa shape index (κ2) is 5.47. The molecule has 0 aliphatic carbocycles. The summed E-state index contributed by atoms with van der Waals surface area (Å²) in [5.74, 6) is 0. The monoisotopic (exact) mass is 347 g/mol.